The van der Waals surface area contributed by atoms with Gasteiger partial charge in [0.15, 0.2) is 0 Å². The zero-order valence-electron chi connectivity index (χ0n) is 17.0. The molecule has 3 nitrogen and oxygen atoms in total. The first-order valence-electron chi connectivity index (χ1n) is 9.92. The predicted molar refractivity (Wildman–Crippen MR) is 123 cm³/mol. The number of methoxy groups -OCH3 is 1. The van der Waals surface area contributed by atoms with Crippen molar-refractivity contribution in [2.75, 3.05) is 20.3 Å². The number of hydrogen-bond acceptors (Lipinski definition) is 3. The summed E-state index contributed by atoms with van der Waals surface area (Å²) in [6.45, 7) is 5.22. The third kappa shape index (κ3) is 3.74. The summed E-state index contributed by atoms with van der Waals surface area (Å²) in [4.78, 5) is 0. The van der Waals surface area contributed by atoms with Gasteiger partial charge in [-0.05, 0) is 47.5 Å². The number of rotatable bonds is 7. The van der Waals surface area contributed by atoms with Crippen LogP contribution in [0.3, 0.4) is 0 Å². The lowest BCUT2D eigenvalue weighted by atomic mass is 9.93. The van der Waals surface area contributed by atoms with Gasteiger partial charge in [0.1, 0.15) is 5.75 Å². The van der Waals surface area contributed by atoms with Gasteiger partial charge in [0.2, 0.25) is 8.38 Å². The summed E-state index contributed by atoms with van der Waals surface area (Å²) in [7, 11) is 0.527. The van der Waals surface area contributed by atoms with Crippen molar-refractivity contribution in [2.45, 2.75) is 13.8 Å². The van der Waals surface area contributed by atoms with Crippen LogP contribution in [0.4, 0.5) is 0 Å². The molecule has 0 aliphatic carbocycles. The molecule has 0 saturated carbocycles. The first kappa shape index (κ1) is 19.8. The Morgan fingerprint density at radius 2 is 1.21 bits per heavy atom. The van der Waals surface area contributed by atoms with Crippen LogP contribution in [0.2, 0.25) is 0 Å². The topological polar surface area (TPSA) is 27.7 Å². The summed E-state index contributed by atoms with van der Waals surface area (Å²) in [5.74, 6) is 0.851. The van der Waals surface area contributed by atoms with Gasteiger partial charge >= 0.3 is 0 Å². The Labute approximate surface area is 173 Å². The van der Waals surface area contributed by atoms with Crippen molar-refractivity contribution >= 4 is 35.2 Å². The lowest BCUT2D eigenvalue weighted by Crippen LogP contribution is -2.11. The van der Waals surface area contributed by atoms with E-state index in [9.17, 15) is 0 Å². The minimum Gasteiger partial charge on any atom is -0.496 e. The van der Waals surface area contributed by atoms with Gasteiger partial charge in [-0.15, -0.1) is 0 Å². The van der Waals surface area contributed by atoms with Gasteiger partial charge in [-0.25, -0.2) is 0 Å². The van der Waals surface area contributed by atoms with E-state index in [0.29, 0.717) is 13.2 Å². The van der Waals surface area contributed by atoms with Crippen LogP contribution in [-0.4, -0.2) is 20.3 Å². The molecule has 4 heteroatoms. The summed E-state index contributed by atoms with van der Waals surface area (Å²) in [6, 6.07) is 25.3. The monoisotopic (exact) mass is 404 g/mol. The molecule has 0 aliphatic heterocycles. The highest BCUT2D eigenvalue weighted by atomic mass is 31.2. The largest absolute Gasteiger partial charge is 0.496 e. The Hall–Kier alpha value is -2.45. The van der Waals surface area contributed by atoms with Crippen molar-refractivity contribution in [1.29, 1.82) is 0 Å². The quantitative estimate of drug-likeness (QED) is 0.322. The van der Waals surface area contributed by atoms with Crippen LogP contribution < -0.4 is 10.0 Å². The van der Waals surface area contributed by atoms with E-state index in [1.165, 1.54) is 16.2 Å². The predicted octanol–water partition coefficient (Wildman–Crippen LogP) is 6.68. The molecule has 0 spiro atoms. The Morgan fingerprint density at radius 1 is 0.655 bits per heavy atom. The molecule has 0 N–H and O–H groups in total. The zero-order chi connectivity index (χ0) is 20.2. The van der Waals surface area contributed by atoms with E-state index >= 15 is 0 Å². The maximum atomic E-state index is 6.07. The molecule has 4 aromatic rings. The van der Waals surface area contributed by atoms with E-state index in [2.05, 4.69) is 66.7 Å². The van der Waals surface area contributed by atoms with Crippen LogP contribution in [0, 0.1) is 0 Å². The molecule has 0 radical (unpaired) electrons. The summed E-state index contributed by atoms with van der Waals surface area (Å²) in [6.07, 6.45) is 0. The summed E-state index contributed by atoms with van der Waals surface area (Å²) in [5, 5.41) is 5.78. The van der Waals surface area contributed by atoms with E-state index in [-0.39, 0.29) is 0 Å². The summed E-state index contributed by atoms with van der Waals surface area (Å²) < 4.78 is 18.0. The van der Waals surface area contributed by atoms with Gasteiger partial charge in [-0.2, -0.15) is 0 Å². The Kier molecular flexibility index (Phi) is 6.10. The highest BCUT2D eigenvalue weighted by molar-refractivity contribution is 7.56. The number of fused-ring (bicyclic) bond motifs is 2. The molecule has 0 aliphatic rings. The molecule has 0 unspecified atom stereocenters. The smallest absolute Gasteiger partial charge is 0.205 e. The van der Waals surface area contributed by atoms with Crippen molar-refractivity contribution in [1.82, 2.24) is 0 Å². The lowest BCUT2D eigenvalue weighted by molar-refractivity contribution is 0.277. The lowest BCUT2D eigenvalue weighted by Gasteiger charge is -2.23. The van der Waals surface area contributed by atoms with Gasteiger partial charge in [-0.3, -0.25) is 0 Å². The molecule has 0 bridgehead atoms. The molecular formula is C25H25O3P. The van der Waals surface area contributed by atoms with Crippen molar-refractivity contribution in [3.63, 3.8) is 0 Å². The van der Waals surface area contributed by atoms with Gasteiger partial charge in [-0.1, -0.05) is 60.7 Å². The molecule has 148 valence electrons. The standard InChI is InChI=1S/C25H25O3P/c1-4-27-29(28-5-2)23-17-15-19-11-7-9-13-21(19)25(23)24-20-12-8-6-10-18(20)14-16-22(24)26-3/h6-17H,4-5H2,1-3H3. The van der Waals surface area contributed by atoms with Crippen LogP contribution in [0.25, 0.3) is 32.7 Å². The van der Waals surface area contributed by atoms with Gasteiger partial charge in [0, 0.05) is 16.4 Å². The first-order chi connectivity index (χ1) is 14.3. The fraction of sp³-hybridized carbons (Fsp3) is 0.200. The molecule has 0 amide bonds. The number of ether oxygens (including phenoxy) is 1. The second-order valence-corrected chi connectivity index (χ2v) is 8.15. The number of benzene rings is 4. The van der Waals surface area contributed by atoms with E-state index in [1.807, 2.05) is 19.9 Å². The minimum atomic E-state index is -1.20. The first-order valence-corrected chi connectivity index (χ1v) is 11.1. The maximum Gasteiger partial charge on any atom is 0.205 e. The average Bonchev–Trinajstić information content (AvgIpc) is 2.77. The van der Waals surface area contributed by atoms with Gasteiger partial charge < -0.3 is 13.8 Å². The molecule has 0 saturated heterocycles. The average molecular weight is 404 g/mol. The molecule has 0 heterocycles. The Balaban J connectivity index is 2.12. The van der Waals surface area contributed by atoms with Crippen LogP contribution in [0.5, 0.6) is 5.75 Å². The summed E-state index contributed by atoms with van der Waals surface area (Å²) in [5.41, 5.74) is 2.22. The van der Waals surface area contributed by atoms with E-state index < -0.39 is 8.38 Å². The fourth-order valence-corrected chi connectivity index (χ4v) is 5.20. The molecular weight excluding hydrogens is 379 g/mol. The van der Waals surface area contributed by atoms with Crippen LogP contribution in [0.15, 0.2) is 72.8 Å². The van der Waals surface area contributed by atoms with E-state index in [0.717, 1.165) is 27.6 Å². The molecule has 4 rings (SSSR count). The Morgan fingerprint density at radius 3 is 1.79 bits per heavy atom. The highest BCUT2D eigenvalue weighted by Crippen LogP contribution is 2.46. The second-order valence-electron chi connectivity index (χ2n) is 6.64. The number of hydrogen-bond donors (Lipinski definition) is 0. The van der Waals surface area contributed by atoms with Crippen LogP contribution in [-0.2, 0) is 9.05 Å². The van der Waals surface area contributed by atoms with Crippen molar-refractivity contribution in [3.8, 4) is 16.9 Å². The molecule has 29 heavy (non-hydrogen) atoms. The normalized spacial score (nSPS) is 11.4. The van der Waals surface area contributed by atoms with Crippen molar-refractivity contribution in [2.24, 2.45) is 0 Å². The second kappa shape index (κ2) is 8.92. The molecule has 4 aromatic carbocycles. The Bertz CT molecular complexity index is 1130. The van der Waals surface area contributed by atoms with Crippen molar-refractivity contribution < 1.29 is 13.8 Å². The van der Waals surface area contributed by atoms with Crippen LogP contribution in [0.1, 0.15) is 13.8 Å². The third-order valence-electron chi connectivity index (χ3n) is 4.96. The highest BCUT2D eigenvalue weighted by Gasteiger charge is 2.23. The third-order valence-corrected chi connectivity index (χ3v) is 6.71. The fourth-order valence-electron chi connectivity index (χ4n) is 3.77. The zero-order valence-corrected chi connectivity index (χ0v) is 17.9. The van der Waals surface area contributed by atoms with Gasteiger partial charge in [0.05, 0.1) is 20.3 Å². The van der Waals surface area contributed by atoms with Crippen LogP contribution >= 0.6 is 8.38 Å². The molecule has 0 fully saturated rings. The minimum absolute atomic E-state index is 0.602. The van der Waals surface area contributed by atoms with Gasteiger partial charge in [0.25, 0.3) is 0 Å². The van der Waals surface area contributed by atoms with E-state index in [4.69, 9.17) is 13.8 Å². The maximum absolute atomic E-state index is 6.07. The van der Waals surface area contributed by atoms with Crippen molar-refractivity contribution in [3.05, 3.63) is 72.8 Å². The summed E-state index contributed by atoms with van der Waals surface area (Å²) >= 11 is 0. The molecule has 0 aromatic heterocycles. The van der Waals surface area contributed by atoms with E-state index in [1.54, 1.807) is 7.11 Å². The molecule has 0 atom stereocenters. The SMILES string of the molecule is CCOP(OCC)c1ccc2ccccc2c1-c1c(OC)ccc2ccccc12.